The van der Waals surface area contributed by atoms with E-state index in [1.807, 2.05) is 16.8 Å². The van der Waals surface area contributed by atoms with Gasteiger partial charge in [-0.15, -0.1) is 35.1 Å². The number of amides is 1. The summed E-state index contributed by atoms with van der Waals surface area (Å²) < 4.78 is 1.05. The number of rotatable bonds is 4. The third-order valence-corrected chi connectivity index (χ3v) is 6.21. The molecule has 4 nitrogen and oxygen atoms in total. The number of carbonyl (C=O) groups is 1. The summed E-state index contributed by atoms with van der Waals surface area (Å²) in [4.78, 5) is 17.6. The van der Waals surface area contributed by atoms with E-state index in [2.05, 4.69) is 26.2 Å². The van der Waals surface area contributed by atoms with E-state index < -0.39 is 0 Å². The number of nitrogens with zero attached hydrogens (tertiary/aromatic N) is 1. The standard InChI is InChI=1S/C14H16BrN3OS2.ClH/c15-9-5-12(20-6-9)11-7-21-14(17-11)18-13(19)4-8-2-1-3-10(8)16;/h5-8,10H,1-4,16H2,(H,17,18,19);1H/t8-,10+;/m0./s1. The average Bonchev–Trinajstić information content (AvgIpc) is 3.13. The number of anilines is 1. The maximum Gasteiger partial charge on any atom is 0.226 e. The topological polar surface area (TPSA) is 68.0 Å². The van der Waals surface area contributed by atoms with Crippen LogP contribution in [0, 0.1) is 5.92 Å². The zero-order chi connectivity index (χ0) is 14.8. The molecule has 0 aromatic carbocycles. The number of thiophene rings is 1. The number of thiazole rings is 1. The molecule has 2 aromatic rings. The molecule has 1 aliphatic carbocycles. The summed E-state index contributed by atoms with van der Waals surface area (Å²) in [6.07, 6.45) is 3.72. The first kappa shape index (κ1) is 17.9. The molecule has 1 fully saturated rings. The van der Waals surface area contributed by atoms with Crippen molar-refractivity contribution in [1.82, 2.24) is 4.98 Å². The van der Waals surface area contributed by atoms with Gasteiger partial charge in [0.15, 0.2) is 5.13 Å². The fourth-order valence-electron chi connectivity index (χ4n) is 2.62. The molecule has 1 aliphatic rings. The van der Waals surface area contributed by atoms with Gasteiger partial charge in [-0.2, -0.15) is 0 Å². The maximum absolute atomic E-state index is 12.1. The Bertz CT molecular complexity index is 646. The maximum atomic E-state index is 12.1. The quantitative estimate of drug-likeness (QED) is 0.761. The number of hydrogen-bond donors (Lipinski definition) is 2. The summed E-state index contributed by atoms with van der Waals surface area (Å²) in [5, 5.41) is 7.54. The van der Waals surface area contributed by atoms with Crippen molar-refractivity contribution in [3.63, 3.8) is 0 Å². The molecule has 120 valence electrons. The van der Waals surface area contributed by atoms with Gasteiger partial charge in [0.1, 0.15) is 0 Å². The lowest BCUT2D eigenvalue weighted by molar-refractivity contribution is -0.117. The van der Waals surface area contributed by atoms with Gasteiger partial charge in [0, 0.05) is 27.7 Å². The molecule has 0 saturated heterocycles. The van der Waals surface area contributed by atoms with Crippen LogP contribution in [-0.2, 0) is 4.79 Å². The van der Waals surface area contributed by atoms with Crippen molar-refractivity contribution in [3.05, 3.63) is 21.3 Å². The Morgan fingerprint density at radius 2 is 2.23 bits per heavy atom. The summed E-state index contributed by atoms with van der Waals surface area (Å²) in [5.41, 5.74) is 6.91. The van der Waals surface area contributed by atoms with Crippen molar-refractivity contribution in [3.8, 4) is 10.6 Å². The number of nitrogens with two attached hydrogens (primary N) is 1. The van der Waals surface area contributed by atoms with E-state index in [1.54, 1.807) is 11.3 Å². The van der Waals surface area contributed by atoms with Crippen LogP contribution in [0.2, 0.25) is 0 Å². The van der Waals surface area contributed by atoms with Gasteiger partial charge in [-0.1, -0.05) is 6.42 Å². The van der Waals surface area contributed by atoms with E-state index in [9.17, 15) is 4.79 Å². The van der Waals surface area contributed by atoms with Gasteiger partial charge in [-0.25, -0.2) is 4.98 Å². The number of halogens is 2. The molecule has 1 amide bonds. The van der Waals surface area contributed by atoms with Crippen molar-refractivity contribution >= 4 is 62.0 Å². The lowest BCUT2D eigenvalue weighted by atomic mass is 10.00. The Morgan fingerprint density at radius 1 is 1.41 bits per heavy atom. The van der Waals surface area contributed by atoms with Crippen LogP contribution in [0.5, 0.6) is 0 Å². The van der Waals surface area contributed by atoms with E-state index in [0.29, 0.717) is 17.5 Å². The minimum Gasteiger partial charge on any atom is -0.327 e. The van der Waals surface area contributed by atoms with Crippen LogP contribution in [0.15, 0.2) is 21.3 Å². The number of hydrogen-bond acceptors (Lipinski definition) is 5. The molecule has 1 saturated carbocycles. The van der Waals surface area contributed by atoms with E-state index >= 15 is 0 Å². The van der Waals surface area contributed by atoms with E-state index in [4.69, 9.17) is 5.73 Å². The summed E-state index contributed by atoms with van der Waals surface area (Å²) in [5.74, 6) is 0.336. The van der Waals surface area contributed by atoms with Crippen LogP contribution in [-0.4, -0.2) is 16.9 Å². The Labute approximate surface area is 152 Å². The van der Waals surface area contributed by atoms with Crippen molar-refractivity contribution in [1.29, 1.82) is 0 Å². The van der Waals surface area contributed by atoms with Crippen LogP contribution in [0.1, 0.15) is 25.7 Å². The summed E-state index contributed by atoms with van der Waals surface area (Å²) in [6.45, 7) is 0. The Morgan fingerprint density at radius 3 is 2.86 bits per heavy atom. The first-order valence-corrected chi connectivity index (χ1v) is 9.42. The van der Waals surface area contributed by atoms with Gasteiger partial charge in [-0.3, -0.25) is 4.79 Å². The summed E-state index contributed by atoms with van der Waals surface area (Å²) >= 11 is 6.52. The summed E-state index contributed by atoms with van der Waals surface area (Å²) in [6, 6.07) is 2.20. The first-order valence-electron chi connectivity index (χ1n) is 6.87. The lowest BCUT2D eigenvalue weighted by Gasteiger charge is -2.13. The Balaban J connectivity index is 0.00000176. The first-order chi connectivity index (χ1) is 10.1. The highest BCUT2D eigenvalue weighted by molar-refractivity contribution is 9.10. The zero-order valence-corrected chi connectivity index (χ0v) is 15.8. The molecule has 0 radical (unpaired) electrons. The molecule has 2 aromatic heterocycles. The van der Waals surface area contributed by atoms with Crippen LogP contribution in [0.25, 0.3) is 10.6 Å². The minimum absolute atomic E-state index is 0. The Kier molecular flexibility index (Phi) is 6.40. The molecule has 0 aliphatic heterocycles. The molecular formula is C14H17BrClN3OS2. The highest BCUT2D eigenvalue weighted by atomic mass is 79.9. The predicted molar refractivity (Wildman–Crippen MR) is 98.9 cm³/mol. The fraction of sp³-hybridized carbons (Fsp3) is 0.429. The van der Waals surface area contributed by atoms with Crippen molar-refractivity contribution < 1.29 is 4.79 Å². The van der Waals surface area contributed by atoms with Gasteiger partial charge in [0.05, 0.1) is 10.6 Å². The van der Waals surface area contributed by atoms with Crippen LogP contribution < -0.4 is 11.1 Å². The van der Waals surface area contributed by atoms with Crippen LogP contribution in [0.4, 0.5) is 5.13 Å². The average molecular weight is 423 g/mol. The molecular weight excluding hydrogens is 406 g/mol. The molecule has 0 spiro atoms. The van der Waals surface area contributed by atoms with Gasteiger partial charge >= 0.3 is 0 Å². The third-order valence-electron chi connectivity index (χ3n) is 3.74. The van der Waals surface area contributed by atoms with Gasteiger partial charge in [-0.05, 0) is 40.8 Å². The lowest BCUT2D eigenvalue weighted by Crippen LogP contribution is -2.28. The van der Waals surface area contributed by atoms with Gasteiger partial charge in [0.2, 0.25) is 5.91 Å². The summed E-state index contributed by atoms with van der Waals surface area (Å²) in [7, 11) is 0. The second-order valence-corrected chi connectivity index (χ2v) is 7.96. The number of aromatic nitrogens is 1. The molecule has 2 heterocycles. The zero-order valence-electron chi connectivity index (χ0n) is 11.8. The van der Waals surface area contributed by atoms with Crippen molar-refractivity contribution in [2.45, 2.75) is 31.7 Å². The van der Waals surface area contributed by atoms with Crippen LogP contribution in [0.3, 0.4) is 0 Å². The minimum atomic E-state index is 0. The van der Waals surface area contributed by atoms with Crippen molar-refractivity contribution in [2.24, 2.45) is 11.7 Å². The fourth-order valence-corrected chi connectivity index (χ4v) is 4.81. The van der Waals surface area contributed by atoms with E-state index in [0.717, 1.165) is 34.3 Å². The molecule has 0 bridgehead atoms. The molecule has 3 N–H and O–H groups in total. The molecule has 22 heavy (non-hydrogen) atoms. The van der Waals surface area contributed by atoms with E-state index in [-0.39, 0.29) is 24.4 Å². The molecule has 0 unspecified atom stereocenters. The number of carbonyl (C=O) groups excluding carboxylic acids is 1. The molecule has 2 atom stereocenters. The van der Waals surface area contributed by atoms with E-state index in [1.165, 1.54) is 11.3 Å². The third kappa shape index (κ3) is 4.29. The SMILES string of the molecule is Cl.N[C@@H]1CCC[C@H]1CC(=O)Nc1nc(-c2cc(Br)cs2)cs1. The smallest absolute Gasteiger partial charge is 0.226 e. The highest BCUT2D eigenvalue weighted by Crippen LogP contribution is 2.32. The largest absolute Gasteiger partial charge is 0.327 e. The highest BCUT2D eigenvalue weighted by Gasteiger charge is 2.26. The Hall–Kier alpha value is -0.470. The predicted octanol–water partition coefficient (Wildman–Crippen LogP) is 4.51. The van der Waals surface area contributed by atoms with Gasteiger partial charge in [0.25, 0.3) is 0 Å². The monoisotopic (exact) mass is 421 g/mol. The number of nitrogens with one attached hydrogen (secondary N) is 1. The second-order valence-electron chi connectivity index (χ2n) is 5.27. The molecule has 3 rings (SSSR count). The van der Waals surface area contributed by atoms with Crippen LogP contribution >= 0.6 is 51.0 Å². The van der Waals surface area contributed by atoms with Gasteiger partial charge < -0.3 is 11.1 Å². The second kappa shape index (κ2) is 7.88. The van der Waals surface area contributed by atoms with Crippen molar-refractivity contribution in [2.75, 3.05) is 5.32 Å². The normalized spacial score (nSPS) is 20.6. The molecule has 8 heteroatoms.